The van der Waals surface area contributed by atoms with Gasteiger partial charge in [-0.05, 0) is 13.0 Å². The summed E-state index contributed by atoms with van der Waals surface area (Å²) in [5.41, 5.74) is 0.410. The summed E-state index contributed by atoms with van der Waals surface area (Å²) in [6.45, 7) is 1.62. The van der Waals surface area contributed by atoms with Crippen LogP contribution in [0.1, 0.15) is 5.56 Å². The number of nitrogens with zero attached hydrogens (tertiary/aromatic N) is 1. The van der Waals surface area contributed by atoms with E-state index in [0.717, 1.165) is 0 Å². The Labute approximate surface area is 92.9 Å². The van der Waals surface area contributed by atoms with Crippen LogP contribution in [0.25, 0.3) is 0 Å². The quantitative estimate of drug-likeness (QED) is 0.436. The summed E-state index contributed by atoms with van der Waals surface area (Å²) in [6, 6.07) is 2.88. The minimum absolute atomic E-state index is 0.00750. The van der Waals surface area contributed by atoms with Gasteiger partial charge in [-0.25, -0.2) is 0 Å². The molecular formula is C10H13NO5. The first-order valence-corrected chi connectivity index (χ1v) is 4.55. The fourth-order valence-electron chi connectivity index (χ4n) is 1.31. The first-order valence-electron chi connectivity index (χ1n) is 4.55. The molecule has 0 unspecified atom stereocenters. The maximum Gasteiger partial charge on any atom is 0.276 e. The van der Waals surface area contributed by atoms with Crippen molar-refractivity contribution in [3.8, 4) is 11.5 Å². The SMILES string of the molecule is COCOc1c(OC)ccc([N+](=O)[O-])c1C. The van der Waals surface area contributed by atoms with Gasteiger partial charge in [-0.1, -0.05) is 0 Å². The predicted octanol–water partition coefficient (Wildman–Crippen LogP) is 1.89. The van der Waals surface area contributed by atoms with E-state index >= 15 is 0 Å². The minimum atomic E-state index is -0.464. The van der Waals surface area contributed by atoms with E-state index in [0.29, 0.717) is 17.1 Å². The van der Waals surface area contributed by atoms with Crippen LogP contribution in [0.3, 0.4) is 0 Å². The molecule has 16 heavy (non-hydrogen) atoms. The van der Waals surface area contributed by atoms with Crippen LogP contribution < -0.4 is 9.47 Å². The Hall–Kier alpha value is -1.82. The van der Waals surface area contributed by atoms with Crippen molar-refractivity contribution in [3.05, 3.63) is 27.8 Å². The zero-order valence-corrected chi connectivity index (χ0v) is 9.35. The van der Waals surface area contributed by atoms with E-state index in [4.69, 9.17) is 14.2 Å². The van der Waals surface area contributed by atoms with Crippen LogP contribution in [-0.2, 0) is 4.74 Å². The normalized spacial score (nSPS) is 9.94. The Morgan fingerprint density at radius 2 is 2.06 bits per heavy atom. The van der Waals surface area contributed by atoms with E-state index in [1.54, 1.807) is 6.92 Å². The van der Waals surface area contributed by atoms with E-state index < -0.39 is 4.92 Å². The standard InChI is InChI=1S/C10H13NO5/c1-7-8(11(12)13)4-5-9(15-3)10(7)16-6-14-2/h4-5H,6H2,1-3H3. The number of hydrogen-bond acceptors (Lipinski definition) is 5. The number of hydrogen-bond donors (Lipinski definition) is 0. The highest BCUT2D eigenvalue weighted by Crippen LogP contribution is 2.36. The number of rotatable bonds is 5. The molecule has 6 nitrogen and oxygen atoms in total. The van der Waals surface area contributed by atoms with Gasteiger partial charge in [-0.3, -0.25) is 10.1 Å². The summed E-state index contributed by atoms with van der Waals surface area (Å²) in [5, 5.41) is 10.7. The van der Waals surface area contributed by atoms with Gasteiger partial charge < -0.3 is 14.2 Å². The average molecular weight is 227 g/mol. The van der Waals surface area contributed by atoms with Crippen molar-refractivity contribution < 1.29 is 19.1 Å². The molecule has 0 N–H and O–H groups in total. The fourth-order valence-corrected chi connectivity index (χ4v) is 1.31. The molecule has 0 heterocycles. The molecule has 0 saturated heterocycles. The number of nitro groups is 1. The van der Waals surface area contributed by atoms with E-state index in [9.17, 15) is 10.1 Å². The molecule has 0 aliphatic carbocycles. The van der Waals surface area contributed by atoms with Crippen LogP contribution >= 0.6 is 0 Å². The first kappa shape index (κ1) is 12.3. The molecule has 0 radical (unpaired) electrons. The van der Waals surface area contributed by atoms with Crippen molar-refractivity contribution in [1.29, 1.82) is 0 Å². The minimum Gasteiger partial charge on any atom is -0.493 e. The van der Waals surface area contributed by atoms with E-state index in [1.807, 2.05) is 0 Å². The first-order chi connectivity index (χ1) is 7.61. The number of nitro benzene ring substituents is 1. The van der Waals surface area contributed by atoms with Crippen LogP contribution in [0.15, 0.2) is 12.1 Å². The number of ether oxygens (including phenoxy) is 3. The van der Waals surface area contributed by atoms with Crippen molar-refractivity contribution >= 4 is 5.69 Å². The topological polar surface area (TPSA) is 70.8 Å². The van der Waals surface area contributed by atoms with Gasteiger partial charge in [0, 0.05) is 13.2 Å². The Kier molecular flexibility index (Phi) is 4.07. The third-order valence-electron chi connectivity index (χ3n) is 2.08. The smallest absolute Gasteiger partial charge is 0.276 e. The molecule has 0 spiro atoms. The molecule has 1 rings (SSSR count). The van der Waals surface area contributed by atoms with Gasteiger partial charge in [0.1, 0.15) is 0 Å². The van der Waals surface area contributed by atoms with Crippen LogP contribution in [0.4, 0.5) is 5.69 Å². The lowest BCUT2D eigenvalue weighted by molar-refractivity contribution is -0.385. The maximum atomic E-state index is 10.7. The van der Waals surface area contributed by atoms with Gasteiger partial charge >= 0.3 is 0 Å². The molecule has 0 saturated carbocycles. The summed E-state index contributed by atoms with van der Waals surface area (Å²) in [7, 11) is 2.94. The Balaban J connectivity index is 3.17. The molecule has 0 bridgehead atoms. The summed E-state index contributed by atoms with van der Waals surface area (Å²) >= 11 is 0. The van der Waals surface area contributed by atoms with Crippen LogP contribution in [0.5, 0.6) is 11.5 Å². The van der Waals surface area contributed by atoms with Crippen molar-refractivity contribution in [2.45, 2.75) is 6.92 Å². The second kappa shape index (κ2) is 5.32. The van der Waals surface area contributed by atoms with E-state index in [2.05, 4.69) is 0 Å². The van der Waals surface area contributed by atoms with Gasteiger partial charge in [0.15, 0.2) is 18.3 Å². The summed E-state index contributed by atoms with van der Waals surface area (Å²) < 4.78 is 15.1. The van der Waals surface area contributed by atoms with Crippen molar-refractivity contribution in [3.63, 3.8) is 0 Å². The van der Waals surface area contributed by atoms with E-state index in [1.165, 1.54) is 26.4 Å². The molecule has 0 aromatic heterocycles. The molecule has 1 aromatic rings. The highest BCUT2D eigenvalue weighted by Gasteiger charge is 2.19. The van der Waals surface area contributed by atoms with Crippen LogP contribution in [0.2, 0.25) is 0 Å². The van der Waals surface area contributed by atoms with Crippen molar-refractivity contribution in [1.82, 2.24) is 0 Å². The van der Waals surface area contributed by atoms with Gasteiger partial charge in [0.05, 0.1) is 17.6 Å². The van der Waals surface area contributed by atoms with Gasteiger partial charge in [0.25, 0.3) is 5.69 Å². The Morgan fingerprint density at radius 3 is 2.56 bits per heavy atom. The van der Waals surface area contributed by atoms with Gasteiger partial charge in [-0.15, -0.1) is 0 Å². The van der Waals surface area contributed by atoms with Crippen molar-refractivity contribution in [2.24, 2.45) is 0 Å². The van der Waals surface area contributed by atoms with Crippen molar-refractivity contribution in [2.75, 3.05) is 21.0 Å². The lowest BCUT2D eigenvalue weighted by Gasteiger charge is -2.12. The maximum absolute atomic E-state index is 10.7. The summed E-state index contributed by atoms with van der Waals surface area (Å²) in [4.78, 5) is 10.3. The summed E-state index contributed by atoms with van der Waals surface area (Å²) in [6.07, 6.45) is 0. The lowest BCUT2D eigenvalue weighted by atomic mass is 10.1. The monoisotopic (exact) mass is 227 g/mol. The molecule has 6 heteroatoms. The average Bonchev–Trinajstić information content (AvgIpc) is 2.26. The molecule has 1 aromatic carbocycles. The zero-order valence-electron chi connectivity index (χ0n) is 9.35. The third-order valence-corrected chi connectivity index (χ3v) is 2.08. The molecule has 0 amide bonds. The Morgan fingerprint density at radius 1 is 1.38 bits per heavy atom. The second-order valence-corrected chi connectivity index (χ2v) is 3.05. The molecule has 0 fully saturated rings. The highest BCUT2D eigenvalue weighted by atomic mass is 16.7. The molecular weight excluding hydrogens is 214 g/mol. The number of benzene rings is 1. The Bertz CT molecular complexity index is 391. The molecule has 88 valence electrons. The van der Waals surface area contributed by atoms with E-state index in [-0.39, 0.29) is 12.5 Å². The molecule has 0 aliphatic rings. The van der Waals surface area contributed by atoms with Gasteiger partial charge in [-0.2, -0.15) is 0 Å². The van der Waals surface area contributed by atoms with Gasteiger partial charge in [0.2, 0.25) is 0 Å². The lowest BCUT2D eigenvalue weighted by Crippen LogP contribution is -2.04. The predicted molar refractivity (Wildman–Crippen MR) is 56.9 cm³/mol. The molecule has 0 atom stereocenters. The largest absolute Gasteiger partial charge is 0.493 e. The third kappa shape index (κ3) is 2.40. The highest BCUT2D eigenvalue weighted by molar-refractivity contribution is 5.56. The zero-order chi connectivity index (χ0) is 12.1. The van der Waals surface area contributed by atoms with Crippen LogP contribution in [0, 0.1) is 17.0 Å². The second-order valence-electron chi connectivity index (χ2n) is 3.05. The summed E-state index contributed by atoms with van der Waals surface area (Å²) in [5.74, 6) is 0.777. The van der Waals surface area contributed by atoms with Crippen LogP contribution in [-0.4, -0.2) is 25.9 Å². The number of methoxy groups -OCH3 is 2. The fraction of sp³-hybridized carbons (Fsp3) is 0.400. The molecule has 0 aliphatic heterocycles.